The average Bonchev–Trinajstić information content (AvgIpc) is 2.72. The van der Waals surface area contributed by atoms with Crippen LogP contribution in [0, 0.1) is 6.92 Å². The third-order valence-corrected chi connectivity index (χ3v) is 6.01. The van der Waals surface area contributed by atoms with Crippen molar-refractivity contribution in [1.82, 2.24) is 9.97 Å². The molecule has 0 saturated carbocycles. The predicted molar refractivity (Wildman–Crippen MR) is 115 cm³/mol. The molecule has 3 heteroatoms. The number of fused-ring (bicyclic) bond motifs is 5. The zero-order valence-electron chi connectivity index (χ0n) is 15.7. The van der Waals surface area contributed by atoms with Crippen LogP contribution in [-0.4, -0.2) is 9.97 Å². The van der Waals surface area contributed by atoms with Gasteiger partial charge in [-0.05, 0) is 65.0 Å². The van der Waals surface area contributed by atoms with Crippen LogP contribution in [0.3, 0.4) is 0 Å². The summed E-state index contributed by atoms with van der Waals surface area (Å²) in [5, 5.41) is 6.12. The highest BCUT2D eigenvalue weighted by Crippen LogP contribution is 2.40. The lowest BCUT2D eigenvalue weighted by Crippen LogP contribution is -2.07. The van der Waals surface area contributed by atoms with E-state index < -0.39 is 0 Å². The molecule has 1 aliphatic carbocycles. The van der Waals surface area contributed by atoms with Gasteiger partial charge < -0.3 is 0 Å². The second-order valence-corrected chi connectivity index (χ2v) is 7.66. The van der Waals surface area contributed by atoms with Crippen LogP contribution in [0.4, 0.5) is 0 Å². The number of aryl methyl sites for hydroxylation is 2. The highest BCUT2D eigenvalue weighted by molar-refractivity contribution is 6.37. The van der Waals surface area contributed by atoms with Gasteiger partial charge in [-0.25, -0.2) is 0 Å². The van der Waals surface area contributed by atoms with Crippen LogP contribution >= 0.6 is 11.6 Å². The van der Waals surface area contributed by atoms with Crippen LogP contribution in [0.25, 0.3) is 21.5 Å². The molecule has 27 heavy (non-hydrogen) atoms. The first kappa shape index (κ1) is 17.9. The minimum Gasteiger partial charge on any atom is -0.262 e. The summed E-state index contributed by atoms with van der Waals surface area (Å²) in [5.41, 5.74) is 4.26. The van der Waals surface area contributed by atoms with Crippen molar-refractivity contribution >= 4 is 33.1 Å². The Balaban J connectivity index is 0.000000257. The summed E-state index contributed by atoms with van der Waals surface area (Å²) in [5.74, 6) is 0.663. The summed E-state index contributed by atoms with van der Waals surface area (Å²) in [6, 6.07) is 13.5. The lowest BCUT2D eigenvalue weighted by molar-refractivity contribution is 0.595. The molecule has 2 nitrogen and oxygen atoms in total. The first-order chi connectivity index (χ1) is 13.2. The van der Waals surface area contributed by atoms with E-state index in [0.717, 1.165) is 10.6 Å². The molecule has 1 heterocycles. The van der Waals surface area contributed by atoms with Crippen molar-refractivity contribution in [2.45, 2.75) is 39.0 Å². The first-order valence-corrected chi connectivity index (χ1v) is 9.88. The van der Waals surface area contributed by atoms with Gasteiger partial charge >= 0.3 is 0 Å². The summed E-state index contributed by atoms with van der Waals surface area (Å²) in [6.45, 7) is 4.44. The molecular weight excluding hydrogens is 352 g/mol. The monoisotopic (exact) mass is 374 g/mol. The molecular formula is C24H23ClN2. The van der Waals surface area contributed by atoms with E-state index >= 15 is 0 Å². The van der Waals surface area contributed by atoms with Gasteiger partial charge in [-0.1, -0.05) is 54.9 Å². The van der Waals surface area contributed by atoms with Gasteiger partial charge in [0.25, 0.3) is 0 Å². The van der Waals surface area contributed by atoms with E-state index in [0.29, 0.717) is 5.92 Å². The standard InChI is InChI=1S/C20H19Cl.C4H4N2/c1-12-4-3-5-14-7-9-15-16-8-6-13(2)20(21)18(16)11-10-17(15)19(12)14;1-2-6-4-3-5-1/h6-12H,3-5H2,1-2H3;1-4H. The van der Waals surface area contributed by atoms with Crippen molar-refractivity contribution in [2.75, 3.05) is 0 Å². The highest BCUT2D eigenvalue weighted by atomic mass is 35.5. The molecule has 0 aliphatic heterocycles. The molecule has 0 spiro atoms. The van der Waals surface area contributed by atoms with E-state index in [4.69, 9.17) is 11.6 Å². The summed E-state index contributed by atoms with van der Waals surface area (Å²) in [6.07, 6.45) is 10.4. The predicted octanol–water partition coefficient (Wildman–Crippen LogP) is 6.87. The Morgan fingerprint density at radius 3 is 2.11 bits per heavy atom. The van der Waals surface area contributed by atoms with E-state index in [1.54, 1.807) is 35.9 Å². The summed E-state index contributed by atoms with van der Waals surface area (Å²) in [7, 11) is 0. The van der Waals surface area contributed by atoms with E-state index in [1.165, 1.54) is 40.8 Å². The van der Waals surface area contributed by atoms with Gasteiger partial charge in [0.1, 0.15) is 0 Å². The maximum absolute atomic E-state index is 6.50. The third kappa shape index (κ3) is 3.42. The molecule has 0 radical (unpaired) electrons. The Bertz CT molecular complexity index is 1060. The van der Waals surface area contributed by atoms with Crippen molar-refractivity contribution in [2.24, 2.45) is 0 Å². The minimum atomic E-state index is 0.663. The van der Waals surface area contributed by atoms with Crippen LogP contribution in [0.2, 0.25) is 5.02 Å². The maximum Gasteiger partial charge on any atom is 0.0513 e. The number of hydrogen-bond donors (Lipinski definition) is 0. The van der Waals surface area contributed by atoms with Gasteiger partial charge in [0.15, 0.2) is 0 Å². The summed E-state index contributed by atoms with van der Waals surface area (Å²) in [4.78, 5) is 7.44. The van der Waals surface area contributed by atoms with Crippen molar-refractivity contribution in [3.8, 4) is 0 Å². The molecule has 0 saturated heterocycles. The zero-order valence-corrected chi connectivity index (χ0v) is 16.5. The Labute approximate surface area is 165 Å². The Morgan fingerprint density at radius 2 is 1.41 bits per heavy atom. The highest BCUT2D eigenvalue weighted by Gasteiger charge is 2.19. The Morgan fingerprint density at radius 1 is 0.815 bits per heavy atom. The molecule has 3 aromatic carbocycles. The number of hydrogen-bond acceptors (Lipinski definition) is 2. The molecule has 1 aliphatic rings. The zero-order chi connectivity index (χ0) is 18.8. The molecule has 1 atom stereocenters. The largest absolute Gasteiger partial charge is 0.262 e. The van der Waals surface area contributed by atoms with Gasteiger partial charge in [-0.3, -0.25) is 9.97 Å². The van der Waals surface area contributed by atoms with Crippen LogP contribution in [0.1, 0.15) is 42.4 Å². The smallest absolute Gasteiger partial charge is 0.0513 e. The second-order valence-electron chi connectivity index (χ2n) is 7.28. The Kier molecular flexibility index (Phi) is 5.09. The van der Waals surface area contributed by atoms with Crippen LogP contribution in [0.15, 0.2) is 61.2 Å². The minimum absolute atomic E-state index is 0.663. The number of nitrogens with zero attached hydrogens (tertiary/aromatic N) is 2. The number of aromatic nitrogens is 2. The molecule has 4 aromatic rings. The third-order valence-electron chi connectivity index (χ3n) is 5.51. The van der Waals surface area contributed by atoms with E-state index in [9.17, 15) is 0 Å². The lowest BCUT2D eigenvalue weighted by Gasteiger charge is -2.24. The van der Waals surface area contributed by atoms with Gasteiger partial charge in [0, 0.05) is 30.2 Å². The van der Waals surface area contributed by atoms with E-state index in [-0.39, 0.29) is 0 Å². The molecule has 1 aromatic heterocycles. The van der Waals surface area contributed by atoms with Crippen molar-refractivity contribution in [1.29, 1.82) is 0 Å². The van der Waals surface area contributed by atoms with Gasteiger partial charge in [-0.2, -0.15) is 0 Å². The maximum atomic E-state index is 6.50. The van der Waals surface area contributed by atoms with Crippen molar-refractivity contribution < 1.29 is 0 Å². The molecule has 136 valence electrons. The van der Waals surface area contributed by atoms with Gasteiger partial charge in [-0.15, -0.1) is 0 Å². The topological polar surface area (TPSA) is 25.8 Å². The molecule has 1 unspecified atom stereocenters. The van der Waals surface area contributed by atoms with Crippen LogP contribution in [0.5, 0.6) is 0 Å². The fraction of sp³-hybridized carbons (Fsp3) is 0.250. The van der Waals surface area contributed by atoms with Crippen molar-refractivity contribution in [3.05, 3.63) is 82.9 Å². The second kappa shape index (κ2) is 7.66. The number of benzene rings is 3. The van der Waals surface area contributed by atoms with Gasteiger partial charge in [0.2, 0.25) is 0 Å². The quantitative estimate of drug-likeness (QED) is 0.314. The SMILES string of the molecule is Cc1ccc2c(ccc3c4c(ccc32)CCCC4C)c1Cl.c1cnccn1. The summed E-state index contributed by atoms with van der Waals surface area (Å²) < 4.78 is 0. The molecule has 0 fully saturated rings. The molecule has 0 bridgehead atoms. The normalized spacial score (nSPS) is 15.9. The number of halogens is 1. The fourth-order valence-electron chi connectivity index (χ4n) is 4.16. The first-order valence-electron chi connectivity index (χ1n) is 9.50. The van der Waals surface area contributed by atoms with E-state index in [2.05, 4.69) is 60.2 Å². The van der Waals surface area contributed by atoms with E-state index in [1.807, 2.05) is 0 Å². The fourth-order valence-corrected chi connectivity index (χ4v) is 4.39. The Hall–Kier alpha value is -2.45. The number of rotatable bonds is 0. The molecule has 0 N–H and O–H groups in total. The average molecular weight is 375 g/mol. The molecule has 5 rings (SSSR count). The van der Waals surface area contributed by atoms with Crippen LogP contribution in [-0.2, 0) is 6.42 Å². The molecule has 0 amide bonds. The van der Waals surface area contributed by atoms with Gasteiger partial charge in [0.05, 0.1) is 5.02 Å². The summed E-state index contributed by atoms with van der Waals surface area (Å²) >= 11 is 6.50. The lowest BCUT2D eigenvalue weighted by atomic mass is 9.80. The van der Waals surface area contributed by atoms with Crippen molar-refractivity contribution in [3.63, 3.8) is 0 Å². The van der Waals surface area contributed by atoms with Crippen LogP contribution < -0.4 is 0 Å².